The van der Waals surface area contributed by atoms with Gasteiger partial charge in [-0.2, -0.15) is 5.10 Å². The number of ketones is 1. The lowest BCUT2D eigenvalue weighted by molar-refractivity contribution is 0.102. The van der Waals surface area contributed by atoms with Crippen molar-refractivity contribution >= 4 is 16.7 Å². The largest absolute Gasteiger partial charge is 0.287 e. The molecule has 0 N–H and O–H groups in total. The number of rotatable bonds is 4. The zero-order valence-corrected chi connectivity index (χ0v) is 12.2. The van der Waals surface area contributed by atoms with Crippen molar-refractivity contribution in [3.05, 3.63) is 59.5 Å². The number of fused-ring (bicyclic) bond motifs is 1. The Balaban J connectivity index is 2.05. The molecule has 0 saturated heterocycles. The van der Waals surface area contributed by atoms with Gasteiger partial charge in [-0.1, -0.05) is 25.1 Å². The van der Waals surface area contributed by atoms with Crippen LogP contribution in [0.3, 0.4) is 0 Å². The van der Waals surface area contributed by atoms with Gasteiger partial charge in [-0.15, -0.1) is 0 Å². The number of hydrogen-bond donors (Lipinski definition) is 0. The predicted octanol–water partition coefficient (Wildman–Crippen LogP) is 3.24. The summed E-state index contributed by atoms with van der Waals surface area (Å²) in [4.78, 5) is 17.0. The second kappa shape index (κ2) is 5.48. The second-order valence-corrected chi connectivity index (χ2v) is 4.93. The Morgan fingerprint density at radius 3 is 2.81 bits per heavy atom. The molecule has 0 spiro atoms. The molecule has 3 rings (SSSR count). The summed E-state index contributed by atoms with van der Waals surface area (Å²) in [6, 6.07) is 11.4. The van der Waals surface area contributed by atoms with Crippen LogP contribution in [0.15, 0.2) is 42.6 Å². The van der Waals surface area contributed by atoms with E-state index in [1.807, 2.05) is 50.2 Å². The Labute approximate surface area is 123 Å². The number of aryl methyl sites for hydroxylation is 2. The number of pyridine rings is 1. The van der Waals surface area contributed by atoms with Gasteiger partial charge in [-0.3, -0.25) is 14.5 Å². The van der Waals surface area contributed by atoms with E-state index in [1.54, 1.807) is 10.9 Å². The van der Waals surface area contributed by atoms with Crippen LogP contribution in [-0.2, 0) is 13.0 Å². The fourth-order valence-corrected chi connectivity index (χ4v) is 2.42. The molecule has 2 aromatic heterocycles. The molecule has 4 nitrogen and oxygen atoms in total. The van der Waals surface area contributed by atoms with E-state index in [1.165, 1.54) is 0 Å². The third-order valence-electron chi connectivity index (χ3n) is 3.59. The number of carbonyl (C=O) groups excluding carboxylic acids is 1. The van der Waals surface area contributed by atoms with E-state index in [4.69, 9.17) is 0 Å². The first-order valence-electron chi connectivity index (χ1n) is 7.19. The minimum Gasteiger partial charge on any atom is -0.287 e. The Hall–Kier alpha value is -2.49. The second-order valence-electron chi connectivity index (χ2n) is 4.93. The number of aromatic nitrogens is 3. The van der Waals surface area contributed by atoms with Gasteiger partial charge < -0.3 is 0 Å². The first-order valence-corrected chi connectivity index (χ1v) is 7.19. The van der Waals surface area contributed by atoms with Gasteiger partial charge in [0.05, 0.1) is 11.2 Å². The molecule has 21 heavy (non-hydrogen) atoms. The van der Waals surface area contributed by atoms with Crippen LogP contribution >= 0.6 is 0 Å². The average Bonchev–Trinajstić information content (AvgIpc) is 2.97. The van der Waals surface area contributed by atoms with Gasteiger partial charge in [0, 0.05) is 23.7 Å². The highest BCUT2D eigenvalue weighted by Gasteiger charge is 2.16. The summed E-state index contributed by atoms with van der Waals surface area (Å²) in [5.41, 5.74) is 3.07. The molecule has 0 saturated carbocycles. The minimum absolute atomic E-state index is 0.00315. The van der Waals surface area contributed by atoms with Gasteiger partial charge >= 0.3 is 0 Å². The molecule has 1 aromatic carbocycles. The summed E-state index contributed by atoms with van der Waals surface area (Å²) in [5, 5.41) is 5.47. The van der Waals surface area contributed by atoms with Crippen LogP contribution < -0.4 is 0 Å². The maximum absolute atomic E-state index is 12.7. The molecule has 0 unspecified atom stereocenters. The van der Waals surface area contributed by atoms with Crippen molar-refractivity contribution in [3.8, 4) is 0 Å². The van der Waals surface area contributed by atoms with Crippen LogP contribution in [0, 0.1) is 0 Å². The van der Waals surface area contributed by atoms with Crippen LogP contribution in [0.25, 0.3) is 10.9 Å². The molecule has 106 valence electrons. The molecule has 0 aliphatic heterocycles. The molecule has 0 fully saturated rings. The van der Waals surface area contributed by atoms with E-state index in [-0.39, 0.29) is 5.78 Å². The van der Waals surface area contributed by atoms with Crippen LogP contribution in [0.5, 0.6) is 0 Å². The van der Waals surface area contributed by atoms with E-state index in [0.29, 0.717) is 17.8 Å². The van der Waals surface area contributed by atoms with E-state index in [9.17, 15) is 4.79 Å². The zero-order chi connectivity index (χ0) is 14.8. The third kappa shape index (κ3) is 2.44. The molecule has 0 aliphatic carbocycles. The van der Waals surface area contributed by atoms with Gasteiger partial charge in [-0.05, 0) is 31.5 Å². The van der Waals surface area contributed by atoms with Crippen LogP contribution in [0.2, 0.25) is 0 Å². The van der Waals surface area contributed by atoms with Crippen molar-refractivity contribution < 1.29 is 4.79 Å². The van der Waals surface area contributed by atoms with Gasteiger partial charge in [0.15, 0.2) is 0 Å². The van der Waals surface area contributed by atoms with Crippen molar-refractivity contribution in [3.63, 3.8) is 0 Å². The fourth-order valence-electron chi connectivity index (χ4n) is 2.42. The monoisotopic (exact) mass is 279 g/mol. The lowest BCUT2D eigenvalue weighted by atomic mass is 10.1. The molecule has 0 bridgehead atoms. The van der Waals surface area contributed by atoms with Crippen molar-refractivity contribution in [2.24, 2.45) is 0 Å². The minimum atomic E-state index is -0.00315. The summed E-state index contributed by atoms with van der Waals surface area (Å²) < 4.78 is 1.77. The number of benzene rings is 1. The van der Waals surface area contributed by atoms with E-state index >= 15 is 0 Å². The standard InChI is InChI=1S/C17H17N3O/c1-3-14-11-16(20(4-2)19-14)17(21)13-8-7-12-6-5-9-18-15(12)10-13/h5-11H,3-4H2,1-2H3. The van der Waals surface area contributed by atoms with E-state index in [2.05, 4.69) is 10.1 Å². The van der Waals surface area contributed by atoms with Crippen LogP contribution in [0.4, 0.5) is 0 Å². The van der Waals surface area contributed by atoms with Gasteiger partial charge in [0.2, 0.25) is 5.78 Å². The number of carbonyl (C=O) groups is 1. The van der Waals surface area contributed by atoms with Crippen molar-refractivity contribution in [1.29, 1.82) is 0 Å². The average molecular weight is 279 g/mol. The SMILES string of the molecule is CCc1cc(C(=O)c2ccc3cccnc3c2)n(CC)n1. The topological polar surface area (TPSA) is 47.8 Å². The Morgan fingerprint density at radius 1 is 1.19 bits per heavy atom. The molecule has 0 amide bonds. The molecule has 2 heterocycles. The molecule has 3 aromatic rings. The summed E-state index contributed by atoms with van der Waals surface area (Å²) in [6.07, 6.45) is 2.56. The quantitative estimate of drug-likeness (QED) is 0.689. The van der Waals surface area contributed by atoms with Crippen LogP contribution in [-0.4, -0.2) is 20.5 Å². The molecule has 0 aliphatic rings. The van der Waals surface area contributed by atoms with Gasteiger partial charge in [0.25, 0.3) is 0 Å². The molecule has 0 radical (unpaired) electrons. The summed E-state index contributed by atoms with van der Waals surface area (Å²) >= 11 is 0. The number of hydrogen-bond acceptors (Lipinski definition) is 3. The molecular weight excluding hydrogens is 262 g/mol. The lowest BCUT2D eigenvalue weighted by Gasteiger charge is -2.05. The highest BCUT2D eigenvalue weighted by molar-refractivity contribution is 6.09. The van der Waals surface area contributed by atoms with E-state index in [0.717, 1.165) is 23.0 Å². The first kappa shape index (κ1) is 13.5. The fraction of sp³-hybridized carbons (Fsp3) is 0.235. The van der Waals surface area contributed by atoms with Gasteiger partial charge in [-0.25, -0.2) is 0 Å². The van der Waals surface area contributed by atoms with Crippen molar-refractivity contribution in [1.82, 2.24) is 14.8 Å². The van der Waals surface area contributed by atoms with Gasteiger partial charge in [0.1, 0.15) is 5.69 Å². The first-order chi connectivity index (χ1) is 10.2. The predicted molar refractivity (Wildman–Crippen MR) is 82.5 cm³/mol. The number of nitrogens with zero attached hydrogens (tertiary/aromatic N) is 3. The molecular formula is C17H17N3O. The maximum Gasteiger partial charge on any atom is 0.211 e. The normalized spacial score (nSPS) is 11.0. The zero-order valence-electron chi connectivity index (χ0n) is 12.2. The highest BCUT2D eigenvalue weighted by atomic mass is 16.1. The van der Waals surface area contributed by atoms with E-state index < -0.39 is 0 Å². The van der Waals surface area contributed by atoms with Crippen molar-refractivity contribution in [2.75, 3.05) is 0 Å². The molecule has 0 atom stereocenters. The molecule has 4 heteroatoms. The maximum atomic E-state index is 12.7. The Morgan fingerprint density at radius 2 is 2.05 bits per heavy atom. The highest BCUT2D eigenvalue weighted by Crippen LogP contribution is 2.17. The summed E-state index contributed by atoms with van der Waals surface area (Å²) in [5.74, 6) is -0.00315. The Bertz CT molecular complexity index is 805. The Kier molecular flexibility index (Phi) is 3.52. The van der Waals surface area contributed by atoms with Crippen LogP contribution in [0.1, 0.15) is 35.6 Å². The lowest BCUT2D eigenvalue weighted by Crippen LogP contribution is -2.10. The summed E-state index contributed by atoms with van der Waals surface area (Å²) in [6.45, 7) is 4.72. The smallest absolute Gasteiger partial charge is 0.211 e. The summed E-state index contributed by atoms with van der Waals surface area (Å²) in [7, 11) is 0. The van der Waals surface area contributed by atoms with Crippen molar-refractivity contribution in [2.45, 2.75) is 26.8 Å². The third-order valence-corrected chi connectivity index (χ3v) is 3.59.